The second-order valence-corrected chi connectivity index (χ2v) is 3.08. The fraction of sp³-hybridized carbons (Fsp3) is 0.364. The maximum absolute atomic E-state index is 8.72. The first kappa shape index (κ1) is 10.6. The summed E-state index contributed by atoms with van der Waals surface area (Å²) < 4.78 is 5.44. The van der Waals surface area contributed by atoms with Crippen molar-refractivity contribution >= 4 is 0 Å². The van der Waals surface area contributed by atoms with Gasteiger partial charge in [-0.15, -0.1) is 0 Å². The third kappa shape index (κ3) is 2.75. The number of nitriles is 1. The standard InChI is InChI=1S/C11H14N2O/c1-9-7-11(14-6-2-5-12)4-3-10(9)8-13/h3-4,7H,2,5-6,12H2,1H3. The minimum atomic E-state index is 0.627. The number of benzene rings is 1. The van der Waals surface area contributed by atoms with Crippen LogP contribution in [0.3, 0.4) is 0 Å². The Morgan fingerprint density at radius 1 is 1.50 bits per heavy atom. The van der Waals surface area contributed by atoms with Gasteiger partial charge < -0.3 is 10.5 Å². The highest BCUT2D eigenvalue weighted by Gasteiger charge is 1.99. The Hall–Kier alpha value is -1.53. The average molecular weight is 190 g/mol. The molecule has 0 amide bonds. The highest BCUT2D eigenvalue weighted by atomic mass is 16.5. The van der Waals surface area contributed by atoms with E-state index in [9.17, 15) is 0 Å². The molecule has 1 aromatic carbocycles. The first-order valence-corrected chi connectivity index (χ1v) is 4.61. The summed E-state index contributed by atoms with van der Waals surface area (Å²) in [6.07, 6.45) is 0.846. The molecule has 0 aliphatic rings. The highest BCUT2D eigenvalue weighted by molar-refractivity contribution is 5.41. The van der Waals surface area contributed by atoms with Gasteiger partial charge in [0.05, 0.1) is 18.2 Å². The summed E-state index contributed by atoms with van der Waals surface area (Å²) in [6.45, 7) is 3.16. The number of aryl methyl sites for hydroxylation is 1. The third-order valence-corrected chi connectivity index (χ3v) is 1.94. The van der Waals surface area contributed by atoms with Crippen molar-refractivity contribution < 1.29 is 4.74 Å². The molecule has 0 radical (unpaired) electrons. The Labute approximate surface area is 84.1 Å². The number of nitrogens with zero attached hydrogens (tertiary/aromatic N) is 1. The van der Waals surface area contributed by atoms with E-state index in [0.717, 1.165) is 17.7 Å². The van der Waals surface area contributed by atoms with Gasteiger partial charge >= 0.3 is 0 Å². The van der Waals surface area contributed by atoms with E-state index >= 15 is 0 Å². The van der Waals surface area contributed by atoms with Crippen molar-refractivity contribution in [3.05, 3.63) is 29.3 Å². The Kier molecular flexibility index (Phi) is 3.96. The van der Waals surface area contributed by atoms with Gasteiger partial charge in [0.25, 0.3) is 0 Å². The van der Waals surface area contributed by atoms with Gasteiger partial charge in [-0.2, -0.15) is 5.26 Å². The van der Waals surface area contributed by atoms with E-state index in [1.54, 1.807) is 6.07 Å². The zero-order chi connectivity index (χ0) is 10.4. The maximum Gasteiger partial charge on any atom is 0.119 e. The molecule has 74 valence electrons. The van der Waals surface area contributed by atoms with Crippen LogP contribution in [-0.4, -0.2) is 13.2 Å². The molecule has 0 saturated carbocycles. The zero-order valence-electron chi connectivity index (χ0n) is 8.29. The number of hydrogen-bond acceptors (Lipinski definition) is 3. The van der Waals surface area contributed by atoms with E-state index in [1.165, 1.54) is 0 Å². The van der Waals surface area contributed by atoms with Gasteiger partial charge in [0, 0.05) is 0 Å². The largest absolute Gasteiger partial charge is 0.494 e. The van der Waals surface area contributed by atoms with E-state index in [0.29, 0.717) is 18.7 Å². The first-order chi connectivity index (χ1) is 6.77. The summed E-state index contributed by atoms with van der Waals surface area (Å²) in [4.78, 5) is 0. The van der Waals surface area contributed by atoms with Crippen molar-refractivity contribution in [2.24, 2.45) is 5.73 Å². The fourth-order valence-corrected chi connectivity index (χ4v) is 1.12. The number of nitrogens with two attached hydrogens (primary N) is 1. The Balaban J connectivity index is 2.63. The molecule has 3 nitrogen and oxygen atoms in total. The minimum absolute atomic E-state index is 0.627. The molecule has 0 spiro atoms. The van der Waals surface area contributed by atoms with Crippen LogP contribution >= 0.6 is 0 Å². The normalized spacial score (nSPS) is 9.50. The molecule has 0 saturated heterocycles. The smallest absolute Gasteiger partial charge is 0.119 e. The summed E-state index contributed by atoms with van der Waals surface area (Å²) in [7, 11) is 0. The van der Waals surface area contributed by atoms with Crippen molar-refractivity contribution in [1.82, 2.24) is 0 Å². The number of hydrogen-bond donors (Lipinski definition) is 1. The van der Waals surface area contributed by atoms with Gasteiger partial charge in [0.2, 0.25) is 0 Å². The molecule has 2 N–H and O–H groups in total. The van der Waals surface area contributed by atoms with Crippen LogP contribution in [0.2, 0.25) is 0 Å². The molecule has 1 rings (SSSR count). The van der Waals surface area contributed by atoms with Crippen LogP contribution in [0.15, 0.2) is 18.2 Å². The molecule has 0 aromatic heterocycles. The van der Waals surface area contributed by atoms with Crippen molar-refractivity contribution in [3.8, 4) is 11.8 Å². The molecule has 0 aliphatic carbocycles. The van der Waals surface area contributed by atoms with Crippen molar-refractivity contribution in [2.45, 2.75) is 13.3 Å². The molecule has 0 aliphatic heterocycles. The van der Waals surface area contributed by atoms with E-state index in [4.69, 9.17) is 15.7 Å². The fourth-order valence-electron chi connectivity index (χ4n) is 1.12. The quantitative estimate of drug-likeness (QED) is 0.733. The van der Waals surface area contributed by atoms with Crippen molar-refractivity contribution in [3.63, 3.8) is 0 Å². The van der Waals surface area contributed by atoms with E-state index in [-0.39, 0.29) is 0 Å². The molecule has 3 heteroatoms. The van der Waals surface area contributed by atoms with Gasteiger partial charge in [-0.05, 0) is 43.7 Å². The van der Waals surface area contributed by atoms with Crippen LogP contribution in [0.4, 0.5) is 0 Å². The van der Waals surface area contributed by atoms with E-state index < -0.39 is 0 Å². The summed E-state index contributed by atoms with van der Waals surface area (Å²) >= 11 is 0. The molecule has 14 heavy (non-hydrogen) atoms. The van der Waals surface area contributed by atoms with Gasteiger partial charge in [-0.25, -0.2) is 0 Å². The first-order valence-electron chi connectivity index (χ1n) is 4.61. The molecule has 1 aromatic rings. The van der Waals surface area contributed by atoms with Crippen molar-refractivity contribution in [1.29, 1.82) is 5.26 Å². The Morgan fingerprint density at radius 2 is 2.29 bits per heavy atom. The van der Waals surface area contributed by atoms with E-state index in [2.05, 4.69) is 6.07 Å². The van der Waals surface area contributed by atoms with Gasteiger partial charge in [-0.3, -0.25) is 0 Å². The Bertz CT molecular complexity index is 342. The summed E-state index contributed by atoms with van der Waals surface area (Å²) in [5, 5.41) is 8.72. The molecule has 0 unspecified atom stereocenters. The van der Waals surface area contributed by atoms with Crippen LogP contribution in [0.1, 0.15) is 17.5 Å². The lowest BCUT2D eigenvalue weighted by atomic mass is 10.1. The van der Waals surface area contributed by atoms with Crippen LogP contribution in [-0.2, 0) is 0 Å². The van der Waals surface area contributed by atoms with Gasteiger partial charge in [0.15, 0.2) is 0 Å². The topological polar surface area (TPSA) is 59.0 Å². The van der Waals surface area contributed by atoms with Gasteiger partial charge in [0.1, 0.15) is 5.75 Å². The van der Waals surface area contributed by atoms with Crippen LogP contribution < -0.4 is 10.5 Å². The van der Waals surface area contributed by atoms with Gasteiger partial charge in [-0.1, -0.05) is 0 Å². The van der Waals surface area contributed by atoms with Crippen molar-refractivity contribution in [2.75, 3.05) is 13.2 Å². The molecular weight excluding hydrogens is 176 g/mol. The van der Waals surface area contributed by atoms with Crippen LogP contribution in [0.25, 0.3) is 0 Å². The summed E-state index contributed by atoms with van der Waals surface area (Å²) in [6, 6.07) is 7.56. The predicted octanol–water partition coefficient (Wildman–Crippen LogP) is 1.59. The maximum atomic E-state index is 8.72. The SMILES string of the molecule is Cc1cc(OCCCN)ccc1C#N. The van der Waals surface area contributed by atoms with E-state index in [1.807, 2.05) is 19.1 Å². The monoisotopic (exact) mass is 190 g/mol. The predicted molar refractivity (Wildman–Crippen MR) is 55.1 cm³/mol. The molecule has 0 atom stereocenters. The number of ether oxygens (including phenoxy) is 1. The summed E-state index contributed by atoms with van der Waals surface area (Å²) in [5.41, 5.74) is 6.98. The van der Waals surface area contributed by atoms with Crippen LogP contribution in [0.5, 0.6) is 5.75 Å². The lowest BCUT2D eigenvalue weighted by Crippen LogP contribution is -2.06. The second-order valence-electron chi connectivity index (χ2n) is 3.08. The molecule has 0 fully saturated rings. The summed E-state index contributed by atoms with van der Waals surface area (Å²) in [5.74, 6) is 0.801. The van der Waals surface area contributed by atoms with Crippen LogP contribution in [0, 0.1) is 18.3 Å². The minimum Gasteiger partial charge on any atom is -0.494 e. The highest BCUT2D eigenvalue weighted by Crippen LogP contribution is 2.16. The third-order valence-electron chi connectivity index (χ3n) is 1.94. The lowest BCUT2D eigenvalue weighted by Gasteiger charge is -2.06. The lowest BCUT2D eigenvalue weighted by molar-refractivity contribution is 0.313. The number of rotatable bonds is 4. The zero-order valence-corrected chi connectivity index (χ0v) is 8.29. The molecule has 0 bridgehead atoms. The Morgan fingerprint density at radius 3 is 2.86 bits per heavy atom. The molecule has 0 heterocycles. The average Bonchev–Trinajstić information content (AvgIpc) is 2.18. The molecular formula is C11H14N2O. The second kappa shape index (κ2) is 5.25.